The number of rotatable bonds is 4. The lowest BCUT2D eigenvalue weighted by molar-refractivity contribution is 0.480. The Kier molecular flexibility index (Phi) is 4.56. The van der Waals surface area contributed by atoms with Crippen molar-refractivity contribution in [3.63, 3.8) is 0 Å². The van der Waals surface area contributed by atoms with Crippen LogP contribution in [0.1, 0.15) is 19.4 Å². The van der Waals surface area contributed by atoms with Crippen molar-refractivity contribution < 1.29 is 12.8 Å². The third kappa shape index (κ3) is 3.10. The standard InChI is InChI=1S/C12H17BrFNO2S/c1-12(2,18(3,16)17)10(15)7-8-5-4-6-9(14)11(8)13/h4-6,10H,7,15H2,1-3H3. The minimum atomic E-state index is -3.28. The third-order valence-electron chi connectivity index (χ3n) is 3.32. The number of hydrogen-bond donors (Lipinski definition) is 1. The smallest absolute Gasteiger partial charge is 0.154 e. The molecule has 1 aromatic rings. The molecule has 0 aliphatic rings. The summed E-state index contributed by atoms with van der Waals surface area (Å²) in [4.78, 5) is 0. The first kappa shape index (κ1) is 15.6. The number of nitrogens with two attached hydrogens (primary N) is 1. The number of hydrogen-bond acceptors (Lipinski definition) is 3. The maximum Gasteiger partial charge on any atom is 0.154 e. The summed E-state index contributed by atoms with van der Waals surface area (Å²) in [5, 5.41) is 0. The zero-order valence-corrected chi connectivity index (χ0v) is 13.0. The lowest BCUT2D eigenvalue weighted by Gasteiger charge is -2.30. The van der Waals surface area contributed by atoms with Crippen LogP contribution < -0.4 is 5.73 Å². The van der Waals surface area contributed by atoms with E-state index in [1.165, 1.54) is 6.07 Å². The van der Waals surface area contributed by atoms with Gasteiger partial charge in [0.1, 0.15) is 5.82 Å². The summed E-state index contributed by atoms with van der Waals surface area (Å²) in [5.41, 5.74) is 6.63. The van der Waals surface area contributed by atoms with E-state index < -0.39 is 20.6 Å². The third-order valence-corrected chi connectivity index (χ3v) is 6.42. The van der Waals surface area contributed by atoms with Crippen molar-refractivity contribution in [2.24, 2.45) is 5.73 Å². The molecule has 102 valence electrons. The predicted molar refractivity (Wildman–Crippen MR) is 74.7 cm³/mol. The molecule has 0 fully saturated rings. The molecule has 6 heteroatoms. The molecule has 1 rings (SSSR count). The fourth-order valence-electron chi connectivity index (χ4n) is 1.46. The van der Waals surface area contributed by atoms with Crippen molar-refractivity contribution in [1.29, 1.82) is 0 Å². The quantitative estimate of drug-likeness (QED) is 0.916. The minimum absolute atomic E-state index is 0.290. The number of halogens is 2. The molecule has 3 nitrogen and oxygen atoms in total. The summed E-state index contributed by atoms with van der Waals surface area (Å²) in [6.45, 7) is 3.17. The summed E-state index contributed by atoms with van der Waals surface area (Å²) in [7, 11) is -3.28. The largest absolute Gasteiger partial charge is 0.326 e. The van der Waals surface area contributed by atoms with Crippen molar-refractivity contribution in [2.45, 2.75) is 31.1 Å². The summed E-state index contributed by atoms with van der Waals surface area (Å²) in [6, 6.07) is 4.03. The van der Waals surface area contributed by atoms with E-state index in [0.717, 1.165) is 6.26 Å². The SMILES string of the molecule is CC(C)(C(N)Cc1cccc(F)c1Br)S(C)(=O)=O. The second-order valence-corrected chi connectivity index (χ2v) is 8.29. The van der Waals surface area contributed by atoms with Gasteiger partial charge < -0.3 is 5.73 Å². The minimum Gasteiger partial charge on any atom is -0.326 e. The van der Waals surface area contributed by atoms with Gasteiger partial charge in [0.05, 0.1) is 9.22 Å². The summed E-state index contributed by atoms with van der Waals surface area (Å²) < 4.78 is 36.0. The van der Waals surface area contributed by atoms with Crippen molar-refractivity contribution in [2.75, 3.05) is 6.26 Å². The molecule has 18 heavy (non-hydrogen) atoms. The second-order valence-electron chi connectivity index (χ2n) is 4.90. The Labute approximate surface area is 116 Å². The van der Waals surface area contributed by atoms with E-state index in [9.17, 15) is 12.8 Å². The van der Waals surface area contributed by atoms with Gasteiger partial charge in [-0.25, -0.2) is 12.8 Å². The average molecular weight is 338 g/mol. The van der Waals surface area contributed by atoms with E-state index in [-0.39, 0.29) is 5.82 Å². The van der Waals surface area contributed by atoms with E-state index >= 15 is 0 Å². The van der Waals surface area contributed by atoms with Crippen molar-refractivity contribution >= 4 is 25.8 Å². The highest BCUT2D eigenvalue weighted by molar-refractivity contribution is 9.10. The molecule has 0 radical (unpaired) electrons. The summed E-state index contributed by atoms with van der Waals surface area (Å²) >= 11 is 3.15. The average Bonchev–Trinajstić information content (AvgIpc) is 2.23. The highest BCUT2D eigenvalue weighted by Gasteiger charge is 2.37. The maximum atomic E-state index is 13.4. The van der Waals surface area contributed by atoms with Crippen LogP contribution >= 0.6 is 15.9 Å². The highest BCUT2D eigenvalue weighted by Crippen LogP contribution is 2.26. The lowest BCUT2D eigenvalue weighted by Crippen LogP contribution is -2.50. The normalized spacial score (nSPS) is 14.6. The maximum absolute atomic E-state index is 13.4. The van der Waals surface area contributed by atoms with Crippen LogP contribution in [0.15, 0.2) is 22.7 Å². The van der Waals surface area contributed by atoms with Gasteiger partial charge in [-0.15, -0.1) is 0 Å². The first-order valence-electron chi connectivity index (χ1n) is 5.45. The molecule has 1 atom stereocenters. The molecule has 2 N–H and O–H groups in total. The van der Waals surface area contributed by atoms with Crippen molar-refractivity contribution in [3.8, 4) is 0 Å². The van der Waals surface area contributed by atoms with Gasteiger partial charge in [0.2, 0.25) is 0 Å². The molecular weight excluding hydrogens is 321 g/mol. The summed E-state index contributed by atoms with van der Waals surface area (Å²) in [5.74, 6) is -0.378. The van der Waals surface area contributed by atoms with Crippen LogP contribution in [-0.4, -0.2) is 25.5 Å². The van der Waals surface area contributed by atoms with Crippen LogP contribution in [0.5, 0.6) is 0 Å². The van der Waals surface area contributed by atoms with Crippen molar-refractivity contribution in [1.82, 2.24) is 0 Å². The number of sulfone groups is 1. The topological polar surface area (TPSA) is 60.2 Å². The van der Waals surface area contributed by atoms with E-state index in [1.54, 1.807) is 26.0 Å². The molecule has 0 spiro atoms. The van der Waals surface area contributed by atoms with E-state index in [4.69, 9.17) is 5.73 Å². The van der Waals surface area contributed by atoms with Crippen molar-refractivity contribution in [3.05, 3.63) is 34.1 Å². The Morgan fingerprint density at radius 3 is 2.50 bits per heavy atom. The Bertz CT molecular complexity index is 543. The van der Waals surface area contributed by atoms with Gasteiger partial charge in [0.25, 0.3) is 0 Å². The van der Waals surface area contributed by atoms with Crippen LogP contribution in [0.3, 0.4) is 0 Å². The molecule has 0 heterocycles. The fourth-order valence-corrected chi connectivity index (χ4v) is 2.52. The zero-order chi connectivity index (χ0) is 14.1. The highest BCUT2D eigenvalue weighted by atomic mass is 79.9. The summed E-state index contributed by atoms with van der Waals surface area (Å²) in [6.07, 6.45) is 1.45. The van der Waals surface area contributed by atoms with Crippen LogP contribution in [0.25, 0.3) is 0 Å². The van der Waals surface area contributed by atoms with E-state index in [2.05, 4.69) is 15.9 Å². The molecule has 1 aromatic carbocycles. The van der Waals surface area contributed by atoms with Gasteiger partial charge in [-0.1, -0.05) is 12.1 Å². The van der Waals surface area contributed by atoms with E-state index in [0.29, 0.717) is 16.5 Å². The molecule has 0 saturated carbocycles. The van der Waals surface area contributed by atoms with Gasteiger partial charge in [-0.05, 0) is 47.8 Å². The molecule has 0 aliphatic carbocycles. The number of benzene rings is 1. The van der Waals surface area contributed by atoms with E-state index in [1.807, 2.05) is 0 Å². The Morgan fingerprint density at radius 2 is 2.00 bits per heavy atom. The van der Waals surface area contributed by atoms with Crippen LogP contribution in [0.4, 0.5) is 4.39 Å². The van der Waals surface area contributed by atoms with Gasteiger partial charge in [-0.3, -0.25) is 0 Å². The Balaban J connectivity index is 3.02. The molecule has 1 unspecified atom stereocenters. The van der Waals surface area contributed by atoms with Gasteiger partial charge in [0, 0.05) is 12.3 Å². The fraction of sp³-hybridized carbons (Fsp3) is 0.500. The second kappa shape index (κ2) is 5.27. The first-order chi connectivity index (χ1) is 8.07. The van der Waals surface area contributed by atoms with Gasteiger partial charge in [-0.2, -0.15) is 0 Å². The zero-order valence-electron chi connectivity index (χ0n) is 10.6. The van der Waals surface area contributed by atoms with Crippen LogP contribution in [0, 0.1) is 5.82 Å². The molecule has 0 bridgehead atoms. The monoisotopic (exact) mass is 337 g/mol. The molecule has 0 aromatic heterocycles. The van der Waals surface area contributed by atoms with Crippen LogP contribution in [-0.2, 0) is 16.3 Å². The molecule has 0 aliphatic heterocycles. The molecular formula is C12H17BrFNO2S. The lowest BCUT2D eigenvalue weighted by atomic mass is 9.96. The van der Waals surface area contributed by atoms with Crippen LogP contribution in [0.2, 0.25) is 0 Å². The predicted octanol–water partition coefficient (Wildman–Crippen LogP) is 2.28. The molecule has 0 amide bonds. The van der Waals surface area contributed by atoms with Gasteiger partial charge >= 0.3 is 0 Å². The Morgan fingerprint density at radius 1 is 1.44 bits per heavy atom. The van der Waals surface area contributed by atoms with Gasteiger partial charge in [0.15, 0.2) is 9.84 Å². The Hall–Kier alpha value is -0.460. The first-order valence-corrected chi connectivity index (χ1v) is 8.14. The molecule has 0 saturated heterocycles.